The van der Waals surface area contributed by atoms with E-state index < -0.39 is 0 Å². The van der Waals surface area contributed by atoms with Gasteiger partial charge < -0.3 is 0 Å². The topological polar surface area (TPSA) is 17.1 Å². The van der Waals surface area contributed by atoms with Crippen molar-refractivity contribution in [3.8, 4) is 0 Å². The van der Waals surface area contributed by atoms with Gasteiger partial charge in [0.15, 0.2) is 0 Å². The molecule has 16 heavy (non-hydrogen) atoms. The first-order chi connectivity index (χ1) is 7.68. The van der Waals surface area contributed by atoms with Gasteiger partial charge in [-0.1, -0.05) is 18.6 Å². The van der Waals surface area contributed by atoms with Crippen molar-refractivity contribution in [2.75, 3.05) is 0 Å². The predicted molar refractivity (Wildman–Crippen MR) is 64.9 cm³/mol. The monoisotopic (exact) mass is 284 g/mol. The average Bonchev–Trinajstić information content (AvgIpc) is 2.47. The summed E-state index contributed by atoms with van der Waals surface area (Å²) in [5.41, 5.74) is 0.685. The fourth-order valence-corrected chi connectivity index (χ4v) is 2.67. The number of Topliss-reactive ketones (excluding diaryl/α,β-unsaturated/α-hetero) is 1. The second-order valence-electron chi connectivity index (χ2n) is 4.33. The highest BCUT2D eigenvalue weighted by Crippen LogP contribution is 2.33. The second kappa shape index (κ2) is 5.09. The molecule has 0 bridgehead atoms. The third-order valence-corrected chi connectivity index (χ3v) is 3.77. The van der Waals surface area contributed by atoms with Crippen LogP contribution in [0.5, 0.6) is 0 Å². The highest BCUT2D eigenvalue weighted by molar-refractivity contribution is 9.10. The van der Waals surface area contributed by atoms with Crippen molar-refractivity contribution in [2.45, 2.75) is 38.0 Å². The maximum Gasteiger partial charge on any atom is 0.140 e. The van der Waals surface area contributed by atoms with Gasteiger partial charge in [-0.05, 0) is 46.3 Å². The van der Waals surface area contributed by atoms with Gasteiger partial charge in [0.2, 0.25) is 0 Å². The van der Waals surface area contributed by atoms with E-state index in [1.165, 1.54) is 0 Å². The molecule has 0 saturated heterocycles. The Morgan fingerprint density at radius 1 is 1.31 bits per heavy atom. The van der Waals surface area contributed by atoms with Crippen molar-refractivity contribution in [1.82, 2.24) is 0 Å². The number of benzene rings is 1. The van der Waals surface area contributed by atoms with Gasteiger partial charge in [-0.2, -0.15) is 0 Å². The number of carbonyl (C=O) groups is 1. The molecule has 1 atom stereocenters. The first-order valence-corrected chi connectivity index (χ1v) is 6.43. The summed E-state index contributed by atoms with van der Waals surface area (Å²) in [5.74, 6) is 0.122. The molecule has 1 nitrogen and oxygen atoms in total. The van der Waals surface area contributed by atoms with Crippen LogP contribution in [0.1, 0.15) is 43.6 Å². The molecule has 1 unspecified atom stereocenters. The van der Waals surface area contributed by atoms with Gasteiger partial charge in [0.05, 0.1) is 4.47 Å². The van der Waals surface area contributed by atoms with Gasteiger partial charge in [-0.15, -0.1) is 0 Å². The molecule has 0 aliphatic heterocycles. The van der Waals surface area contributed by atoms with Gasteiger partial charge >= 0.3 is 0 Å². The van der Waals surface area contributed by atoms with E-state index in [-0.39, 0.29) is 17.5 Å². The van der Waals surface area contributed by atoms with E-state index in [1.54, 1.807) is 12.1 Å². The summed E-state index contributed by atoms with van der Waals surface area (Å²) in [4.78, 5) is 11.5. The lowest BCUT2D eigenvalue weighted by Gasteiger charge is -2.15. The third kappa shape index (κ3) is 2.51. The predicted octanol–water partition coefficient (Wildman–Crippen LogP) is 4.21. The van der Waals surface area contributed by atoms with Crippen molar-refractivity contribution < 1.29 is 9.18 Å². The number of hydrogen-bond acceptors (Lipinski definition) is 1. The SMILES string of the molecule is O=C1CCCCC(c2cccc(Br)c2F)C1. The van der Waals surface area contributed by atoms with Crippen LogP contribution in [0.15, 0.2) is 22.7 Å². The zero-order valence-electron chi connectivity index (χ0n) is 9.01. The summed E-state index contributed by atoms with van der Waals surface area (Å²) < 4.78 is 14.4. The molecule has 0 heterocycles. The van der Waals surface area contributed by atoms with Gasteiger partial charge in [-0.3, -0.25) is 4.79 Å². The standard InChI is InChI=1S/C13H14BrFO/c14-12-7-3-6-11(13(12)15)9-4-1-2-5-10(16)8-9/h3,6-7,9H,1-2,4-5,8H2. The van der Waals surface area contributed by atoms with Crippen molar-refractivity contribution >= 4 is 21.7 Å². The minimum absolute atomic E-state index is 0.0625. The Morgan fingerprint density at radius 2 is 2.12 bits per heavy atom. The minimum Gasteiger partial charge on any atom is -0.300 e. The van der Waals surface area contributed by atoms with Gasteiger partial charge in [-0.25, -0.2) is 4.39 Å². The van der Waals surface area contributed by atoms with E-state index in [1.807, 2.05) is 6.07 Å². The summed E-state index contributed by atoms with van der Waals surface area (Å²) in [5, 5.41) is 0. The smallest absolute Gasteiger partial charge is 0.140 e. The van der Waals surface area contributed by atoms with E-state index in [9.17, 15) is 9.18 Å². The molecule has 0 aromatic heterocycles. The molecule has 1 aliphatic rings. The molecule has 0 spiro atoms. The van der Waals surface area contributed by atoms with E-state index in [0.717, 1.165) is 19.3 Å². The Hall–Kier alpha value is -0.700. The minimum atomic E-state index is -0.206. The quantitative estimate of drug-likeness (QED) is 0.706. The lowest BCUT2D eigenvalue weighted by molar-refractivity contribution is -0.119. The Balaban J connectivity index is 2.28. The van der Waals surface area contributed by atoms with Gasteiger partial charge in [0.25, 0.3) is 0 Å². The van der Waals surface area contributed by atoms with Crippen LogP contribution in [0.3, 0.4) is 0 Å². The summed E-state index contributed by atoms with van der Waals surface area (Å²) in [6.45, 7) is 0. The van der Waals surface area contributed by atoms with Crippen molar-refractivity contribution in [2.24, 2.45) is 0 Å². The van der Waals surface area contributed by atoms with Crippen LogP contribution >= 0.6 is 15.9 Å². The molecule has 86 valence electrons. The average molecular weight is 285 g/mol. The fourth-order valence-electron chi connectivity index (χ4n) is 2.29. The zero-order chi connectivity index (χ0) is 11.5. The molecular formula is C13H14BrFO. The maximum absolute atomic E-state index is 13.9. The van der Waals surface area contributed by atoms with E-state index >= 15 is 0 Å². The maximum atomic E-state index is 13.9. The van der Waals surface area contributed by atoms with Crippen LogP contribution in [0.4, 0.5) is 4.39 Å². The van der Waals surface area contributed by atoms with Crippen LogP contribution in [-0.2, 0) is 4.79 Å². The molecular weight excluding hydrogens is 271 g/mol. The Morgan fingerprint density at radius 3 is 2.94 bits per heavy atom. The highest BCUT2D eigenvalue weighted by atomic mass is 79.9. The lowest BCUT2D eigenvalue weighted by Crippen LogP contribution is -2.06. The lowest BCUT2D eigenvalue weighted by atomic mass is 9.91. The number of carbonyl (C=O) groups excluding carboxylic acids is 1. The summed E-state index contributed by atoms with van der Waals surface area (Å²) in [7, 11) is 0. The molecule has 1 aromatic carbocycles. The summed E-state index contributed by atoms with van der Waals surface area (Å²) in [6, 6.07) is 5.32. The molecule has 1 fully saturated rings. The Kier molecular flexibility index (Phi) is 3.74. The van der Waals surface area contributed by atoms with E-state index in [0.29, 0.717) is 22.9 Å². The summed E-state index contributed by atoms with van der Waals surface area (Å²) >= 11 is 3.19. The van der Waals surface area contributed by atoms with Crippen LogP contribution in [-0.4, -0.2) is 5.78 Å². The van der Waals surface area contributed by atoms with Crippen molar-refractivity contribution in [1.29, 1.82) is 0 Å². The second-order valence-corrected chi connectivity index (χ2v) is 5.18. The van der Waals surface area contributed by atoms with E-state index in [2.05, 4.69) is 15.9 Å². The molecule has 0 N–H and O–H groups in total. The first-order valence-electron chi connectivity index (χ1n) is 5.64. The van der Waals surface area contributed by atoms with Crippen molar-refractivity contribution in [3.05, 3.63) is 34.1 Å². The van der Waals surface area contributed by atoms with Crippen LogP contribution in [0, 0.1) is 5.82 Å². The van der Waals surface area contributed by atoms with E-state index in [4.69, 9.17) is 0 Å². The Bertz CT molecular complexity index is 403. The molecule has 0 amide bonds. The van der Waals surface area contributed by atoms with Gasteiger partial charge in [0, 0.05) is 12.8 Å². The summed E-state index contributed by atoms with van der Waals surface area (Å²) in [6.07, 6.45) is 4.03. The number of rotatable bonds is 1. The molecule has 3 heteroatoms. The van der Waals surface area contributed by atoms with Crippen LogP contribution < -0.4 is 0 Å². The third-order valence-electron chi connectivity index (χ3n) is 3.15. The molecule has 1 saturated carbocycles. The Labute approximate surface area is 103 Å². The largest absolute Gasteiger partial charge is 0.300 e. The van der Waals surface area contributed by atoms with Crippen LogP contribution in [0.2, 0.25) is 0 Å². The first kappa shape index (κ1) is 11.8. The molecule has 2 rings (SSSR count). The van der Waals surface area contributed by atoms with Gasteiger partial charge in [0.1, 0.15) is 11.6 Å². The van der Waals surface area contributed by atoms with Crippen molar-refractivity contribution in [3.63, 3.8) is 0 Å². The molecule has 1 aliphatic carbocycles. The zero-order valence-corrected chi connectivity index (χ0v) is 10.6. The number of ketones is 1. The fraction of sp³-hybridized carbons (Fsp3) is 0.462. The number of hydrogen-bond donors (Lipinski definition) is 0. The molecule has 1 aromatic rings. The van der Waals surface area contributed by atoms with Crippen LogP contribution in [0.25, 0.3) is 0 Å². The molecule has 0 radical (unpaired) electrons. The highest BCUT2D eigenvalue weighted by Gasteiger charge is 2.22. The normalized spacial score (nSPS) is 21.9. The number of halogens is 2.